The summed E-state index contributed by atoms with van der Waals surface area (Å²) in [5.41, 5.74) is 0. The Morgan fingerprint density at radius 1 is 0.439 bits per heavy atom. The highest BCUT2D eigenvalue weighted by atomic mass is 16.8. The molecular formula is C55H92N2O41. The average Bonchev–Trinajstić information content (AvgIpc) is 0.752. The van der Waals surface area contributed by atoms with Crippen molar-refractivity contribution in [2.75, 3.05) is 33.0 Å². The topological polar surface area (TPSA) is 679 Å². The van der Waals surface area contributed by atoms with Gasteiger partial charge in [0, 0.05) is 20.3 Å². The van der Waals surface area contributed by atoms with Crippen molar-refractivity contribution >= 4 is 17.8 Å². The van der Waals surface area contributed by atoms with E-state index in [0.717, 1.165) is 13.8 Å². The van der Waals surface area contributed by atoms with Gasteiger partial charge in [0.15, 0.2) is 44.0 Å². The number of hydrogen-bond acceptors (Lipinski definition) is 40. The Bertz CT molecular complexity index is 2560. The van der Waals surface area contributed by atoms with Crippen molar-refractivity contribution in [2.24, 2.45) is 0 Å². The van der Waals surface area contributed by atoms with Gasteiger partial charge in [-0.15, -0.1) is 0 Å². The fourth-order valence-corrected chi connectivity index (χ4v) is 12.7. The molecule has 0 saturated carbocycles. The summed E-state index contributed by atoms with van der Waals surface area (Å²) in [5, 5.41) is 257. The van der Waals surface area contributed by atoms with Crippen LogP contribution in [0, 0.1) is 0 Å². The minimum atomic E-state index is -3.51. The fraction of sp³-hybridized carbons (Fsp3) is 0.945. The molecule has 8 fully saturated rings. The lowest BCUT2D eigenvalue weighted by Crippen LogP contribution is -2.71. The molecule has 0 aliphatic carbocycles. The number of ether oxygens (including phenoxy) is 15. The molecule has 98 heavy (non-hydrogen) atoms. The Labute approximate surface area is 555 Å². The summed E-state index contributed by atoms with van der Waals surface area (Å²) in [4.78, 5) is 39.8. The van der Waals surface area contributed by atoms with E-state index in [9.17, 15) is 132 Å². The summed E-state index contributed by atoms with van der Waals surface area (Å²) < 4.78 is 88.2. The van der Waals surface area contributed by atoms with Gasteiger partial charge in [-0.25, -0.2) is 4.79 Å². The number of carbonyl (C=O) groups excluding carboxylic acids is 2. The standard InChI is InChI=1S/C55H92N2O41/c1-12-25(65)32(72)36(76)49(85-12)89-18-6-55(54(82)83,98-46(28(68)17(64)7-58)41(18)93-50-37(77)33(73)26(66)13(2)86-50)97-45-30(70)20(9-60)91-53(40(45)80)95-43-23(56-15(4)62)47(81)88-22(31(43)71)11-84-48-24(57-16(5)63)44(96-51-38(78)34(74)27(67)14(3)87-51)42(21(10-61)92-48)94-52-39(79)35(75)29(69)19(8-59)90-52/h12-14,17-53,58-61,64-81H,6-11H2,1-5H3,(H,56,62)(H,57,63)(H,82,83)/t12-,13-,14-,17+,18-,19+,20+,21+,22+,23+,24+,25+,26+,27+,28+,29-,30-,31-,32+,33+,34+,35-,36-,37-,38-,39+,40+,41+,42+,43+,44+,45-,46-,47-,48+,49-,50-,51-,52-,53-,55+/m0/s1. The highest BCUT2D eigenvalue weighted by Gasteiger charge is 2.64. The molecule has 8 aliphatic heterocycles. The van der Waals surface area contributed by atoms with E-state index in [1.54, 1.807) is 0 Å². The SMILES string of the molecule is CC(=O)N[C@@H]1[C@@H](O[C@@H]2O[C@H](CO)[C@H](O)[C@H](O[C@]3(C(=O)O)C[C@H](O[C@@H]4O[C@@H](C)[C@@H](O)[C@@H](O)[C@@H]4O)[C@@H](O[C@@H]4O[C@@H](C)[C@@H](O)[C@@H](O)[C@@H]4O)[C@H]([C@H](O)[C@H](O)CO)O3)[C@H]2O)[C@@H](O)[C@@H](CO[C@@H]2O[C@H](CO)[C@@H](O[C@@H]3O[C@H](CO)[C@H](O)[C@H](O)[C@H]3O)[C@H](O[C@@H]3O[C@@H](C)[C@@H](O)[C@@H](O)[C@@H]3O)[C@H]2NC(C)=O)O[C@@H]1O. The van der Waals surface area contributed by atoms with E-state index in [1.807, 2.05) is 0 Å². The van der Waals surface area contributed by atoms with Gasteiger partial charge in [-0.05, 0) is 20.8 Å². The quantitative estimate of drug-likeness (QED) is 0.0427. The molecule has 25 N–H and O–H groups in total. The molecular weight excluding hydrogens is 1340 g/mol. The molecule has 0 spiro atoms. The summed E-state index contributed by atoms with van der Waals surface area (Å²) in [6.07, 6.45) is -78.7. The lowest BCUT2D eigenvalue weighted by Gasteiger charge is -2.52. The first-order valence-electron chi connectivity index (χ1n) is 31.3. The van der Waals surface area contributed by atoms with E-state index >= 15 is 0 Å². The van der Waals surface area contributed by atoms with Crippen molar-refractivity contribution in [3.05, 3.63) is 0 Å². The van der Waals surface area contributed by atoms with E-state index in [4.69, 9.17) is 71.1 Å². The highest BCUT2D eigenvalue weighted by Crippen LogP contribution is 2.43. The number of nitrogens with one attached hydrogen (secondary N) is 2. The number of hydrogen-bond donors (Lipinski definition) is 25. The predicted molar refractivity (Wildman–Crippen MR) is 301 cm³/mol. The number of aliphatic hydroxyl groups excluding tert-OH is 22. The molecule has 0 unspecified atom stereocenters. The van der Waals surface area contributed by atoms with Crippen LogP contribution in [0.2, 0.25) is 0 Å². The first-order valence-corrected chi connectivity index (χ1v) is 31.3. The smallest absolute Gasteiger partial charge is 0.364 e. The number of amides is 2. The molecule has 2 amide bonds. The lowest BCUT2D eigenvalue weighted by atomic mass is 9.89. The summed E-state index contributed by atoms with van der Waals surface area (Å²) in [6.45, 7) is -0.00582. The molecule has 0 aromatic carbocycles. The van der Waals surface area contributed by atoms with Crippen molar-refractivity contribution in [1.29, 1.82) is 0 Å². The van der Waals surface area contributed by atoms with Crippen LogP contribution >= 0.6 is 0 Å². The molecule has 0 radical (unpaired) electrons. The Balaban J connectivity index is 1.10. The third-order valence-electron chi connectivity index (χ3n) is 18.3. The molecule has 8 heterocycles. The van der Waals surface area contributed by atoms with Crippen LogP contribution in [-0.4, -0.2) is 419 Å². The predicted octanol–water partition coefficient (Wildman–Crippen LogP) is -15.9. The fourth-order valence-electron chi connectivity index (χ4n) is 12.7. The molecule has 41 atom stereocenters. The van der Waals surface area contributed by atoms with E-state index in [0.29, 0.717) is 0 Å². The number of aliphatic carboxylic acids is 1. The second-order valence-electron chi connectivity index (χ2n) is 25.3. The molecule has 8 aliphatic rings. The molecule has 0 aromatic rings. The van der Waals surface area contributed by atoms with Crippen LogP contribution in [-0.2, 0) is 85.4 Å². The Kier molecular flexibility index (Phi) is 27.8. The van der Waals surface area contributed by atoms with E-state index in [-0.39, 0.29) is 0 Å². The van der Waals surface area contributed by atoms with Crippen LogP contribution in [0.25, 0.3) is 0 Å². The zero-order valence-electron chi connectivity index (χ0n) is 53.0. The van der Waals surface area contributed by atoms with Gasteiger partial charge >= 0.3 is 5.97 Å². The van der Waals surface area contributed by atoms with E-state index in [1.165, 1.54) is 20.8 Å². The van der Waals surface area contributed by atoms with Crippen molar-refractivity contribution in [1.82, 2.24) is 10.6 Å². The second-order valence-corrected chi connectivity index (χ2v) is 25.3. The van der Waals surface area contributed by atoms with Gasteiger partial charge in [-0.3, -0.25) is 9.59 Å². The van der Waals surface area contributed by atoms with Gasteiger partial charge in [-0.2, -0.15) is 0 Å². The van der Waals surface area contributed by atoms with Gasteiger partial charge in [0.05, 0.1) is 57.5 Å². The maximum Gasteiger partial charge on any atom is 0.364 e. The minimum Gasteiger partial charge on any atom is -0.477 e. The molecule has 43 heteroatoms. The third-order valence-corrected chi connectivity index (χ3v) is 18.3. The number of aliphatic hydroxyl groups is 22. The largest absolute Gasteiger partial charge is 0.477 e. The number of carbonyl (C=O) groups is 3. The maximum atomic E-state index is 13.9. The molecule has 8 saturated heterocycles. The highest BCUT2D eigenvalue weighted by molar-refractivity contribution is 5.76. The summed E-state index contributed by atoms with van der Waals surface area (Å²) in [5.74, 6) is -7.60. The van der Waals surface area contributed by atoms with Gasteiger partial charge in [0.1, 0.15) is 177 Å². The van der Waals surface area contributed by atoms with Crippen molar-refractivity contribution in [3.63, 3.8) is 0 Å². The van der Waals surface area contributed by atoms with Gasteiger partial charge in [0.25, 0.3) is 5.79 Å². The second kappa shape index (κ2) is 33.8. The molecule has 568 valence electrons. The van der Waals surface area contributed by atoms with Gasteiger partial charge in [-0.1, -0.05) is 0 Å². The molecule has 0 bridgehead atoms. The summed E-state index contributed by atoms with van der Waals surface area (Å²) in [6, 6.07) is -3.73. The van der Waals surface area contributed by atoms with Crippen molar-refractivity contribution < 1.29 is 203 Å². The molecule has 43 nitrogen and oxygen atoms in total. The monoisotopic (exact) mass is 1440 g/mol. The summed E-state index contributed by atoms with van der Waals surface area (Å²) >= 11 is 0. The van der Waals surface area contributed by atoms with Crippen LogP contribution in [0.3, 0.4) is 0 Å². The van der Waals surface area contributed by atoms with E-state index < -0.39 is 308 Å². The lowest BCUT2D eigenvalue weighted by molar-refractivity contribution is -0.408. The van der Waals surface area contributed by atoms with Gasteiger partial charge < -0.3 is 199 Å². The Morgan fingerprint density at radius 2 is 0.847 bits per heavy atom. The van der Waals surface area contributed by atoms with Crippen LogP contribution in [0.4, 0.5) is 0 Å². The minimum absolute atomic E-state index is 0.900. The Hall–Kier alpha value is -3.07. The zero-order valence-corrected chi connectivity index (χ0v) is 53.0. The van der Waals surface area contributed by atoms with E-state index in [2.05, 4.69) is 10.6 Å². The third kappa shape index (κ3) is 17.0. The Morgan fingerprint density at radius 3 is 1.33 bits per heavy atom. The normalized spacial score (nSPS) is 50.2. The number of carboxylic acid groups (broad SMARTS) is 1. The molecule has 0 aromatic heterocycles. The first kappa shape index (κ1) is 80.6. The van der Waals surface area contributed by atoms with Crippen molar-refractivity contribution in [2.45, 2.75) is 292 Å². The maximum absolute atomic E-state index is 13.9. The van der Waals surface area contributed by atoms with Crippen LogP contribution < -0.4 is 10.6 Å². The zero-order chi connectivity index (χ0) is 72.6. The molecule has 8 rings (SSSR count). The van der Waals surface area contributed by atoms with Crippen LogP contribution in [0.5, 0.6) is 0 Å². The average molecular weight is 1440 g/mol. The van der Waals surface area contributed by atoms with Crippen molar-refractivity contribution in [3.8, 4) is 0 Å². The number of carboxylic acids is 1. The summed E-state index contributed by atoms with van der Waals surface area (Å²) in [7, 11) is 0. The van der Waals surface area contributed by atoms with Crippen LogP contribution in [0.15, 0.2) is 0 Å². The van der Waals surface area contributed by atoms with Crippen LogP contribution in [0.1, 0.15) is 41.0 Å². The number of rotatable bonds is 24. The first-order chi connectivity index (χ1) is 46.0. The van der Waals surface area contributed by atoms with Gasteiger partial charge in [0.2, 0.25) is 11.8 Å².